The Balaban J connectivity index is 2.26. The molecule has 1 aromatic carbocycles. The lowest BCUT2D eigenvalue weighted by Crippen LogP contribution is -2.18. The van der Waals surface area contributed by atoms with Gasteiger partial charge in [0, 0.05) is 6.42 Å². The van der Waals surface area contributed by atoms with Crippen LogP contribution in [0.3, 0.4) is 0 Å². The molecule has 2 nitrogen and oxygen atoms in total. The first kappa shape index (κ1) is 20.5. The number of Topliss-reactive ketones (excluding diaryl/α,β-unsaturated/α-hetero) is 1. The predicted octanol–water partition coefficient (Wildman–Crippen LogP) is 6.16. The van der Waals surface area contributed by atoms with Crippen LogP contribution in [0.2, 0.25) is 0 Å². The van der Waals surface area contributed by atoms with Gasteiger partial charge in [-0.2, -0.15) is 0 Å². The lowest BCUT2D eigenvalue weighted by molar-refractivity contribution is -0.115. The molecule has 0 heterocycles. The van der Waals surface area contributed by atoms with E-state index in [1.165, 1.54) is 5.57 Å². The van der Waals surface area contributed by atoms with Crippen LogP contribution in [0, 0.1) is 0 Å². The highest BCUT2D eigenvalue weighted by atomic mass is 16.3. The number of phenolic OH excluding ortho intramolecular Hbond substituents is 1. The highest BCUT2D eigenvalue weighted by molar-refractivity contribution is 5.96. The van der Waals surface area contributed by atoms with Crippen LogP contribution in [0.15, 0.2) is 35.4 Å². The van der Waals surface area contributed by atoms with Crippen molar-refractivity contribution in [3.63, 3.8) is 0 Å². The first-order valence-corrected chi connectivity index (χ1v) is 9.73. The van der Waals surface area contributed by atoms with Gasteiger partial charge in [0.25, 0.3) is 0 Å². The summed E-state index contributed by atoms with van der Waals surface area (Å²) >= 11 is 0. The Bertz CT molecular complexity index is 714. The second kappa shape index (κ2) is 7.42. The molecular formula is C24H34O2. The van der Waals surface area contributed by atoms with Crippen molar-refractivity contribution in [2.75, 3.05) is 0 Å². The highest BCUT2D eigenvalue weighted by Gasteiger charge is 2.26. The number of aromatic hydroxyl groups is 1. The minimum Gasteiger partial charge on any atom is -0.507 e. The fourth-order valence-corrected chi connectivity index (χ4v) is 3.42. The molecule has 0 aromatic heterocycles. The van der Waals surface area contributed by atoms with E-state index < -0.39 is 0 Å². The molecule has 142 valence electrons. The van der Waals surface area contributed by atoms with Crippen LogP contribution in [-0.4, -0.2) is 10.9 Å². The third-order valence-corrected chi connectivity index (χ3v) is 5.14. The Morgan fingerprint density at radius 1 is 1.04 bits per heavy atom. The van der Waals surface area contributed by atoms with E-state index in [-0.39, 0.29) is 16.6 Å². The van der Waals surface area contributed by atoms with Gasteiger partial charge in [0.1, 0.15) is 5.75 Å². The van der Waals surface area contributed by atoms with Crippen molar-refractivity contribution in [1.29, 1.82) is 0 Å². The van der Waals surface area contributed by atoms with Crippen LogP contribution in [0.4, 0.5) is 0 Å². The summed E-state index contributed by atoms with van der Waals surface area (Å²) in [5, 5.41) is 10.8. The van der Waals surface area contributed by atoms with Gasteiger partial charge in [0.05, 0.1) is 0 Å². The second-order valence-corrected chi connectivity index (χ2v) is 9.47. The third-order valence-electron chi connectivity index (χ3n) is 5.14. The molecule has 1 aliphatic carbocycles. The third kappa shape index (κ3) is 4.66. The van der Waals surface area contributed by atoms with Gasteiger partial charge < -0.3 is 5.11 Å². The smallest absolute Gasteiger partial charge is 0.159 e. The van der Waals surface area contributed by atoms with Crippen LogP contribution in [-0.2, 0) is 22.0 Å². The van der Waals surface area contributed by atoms with E-state index in [1.54, 1.807) is 0 Å². The van der Waals surface area contributed by atoms with Crippen LogP contribution >= 0.6 is 0 Å². The number of carbonyl (C=O) groups is 1. The minimum absolute atomic E-state index is 0.141. The minimum atomic E-state index is -0.141. The van der Waals surface area contributed by atoms with Crippen LogP contribution < -0.4 is 0 Å². The van der Waals surface area contributed by atoms with Gasteiger partial charge in [-0.25, -0.2) is 0 Å². The summed E-state index contributed by atoms with van der Waals surface area (Å²) in [6.07, 6.45) is 7.21. The molecule has 0 bridgehead atoms. The zero-order chi connectivity index (χ0) is 19.7. The van der Waals surface area contributed by atoms with Crippen LogP contribution in [0.5, 0.6) is 5.75 Å². The Morgan fingerprint density at radius 3 is 2.00 bits per heavy atom. The first-order valence-electron chi connectivity index (χ1n) is 9.73. The van der Waals surface area contributed by atoms with E-state index in [4.69, 9.17) is 0 Å². The quantitative estimate of drug-likeness (QED) is 0.688. The number of carbonyl (C=O) groups excluding carboxylic acids is 1. The molecule has 0 amide bonds. The predicted molar refractivity (Wildman–Crippen MR) is 110 cm³/mol. The van der Waals surface area contributed by atoms with Crippen molar-refractivity contribution in [3.05, 3.63) is 52.1 Å². The summed E-state index contributed by atoms with van der Waals surface area (Å²) in [5.74, 6) is 0.641. The monoisotopic (exact) mass is 354 g/mol. The van der Waals surface area contributed by atoms with Gasteiger partial charge in [0.15, 0.2) is 5.78 Å². The normalized spacial score (nSPS) is 15.0. The summed E-state index contributed by atoms with van der Waals surface area (Å²) in [5.41, 5.74) is 4.98. The number of rotatable bonds is 5. The maximum absolute atomic E-state index is 12.6. The van der Waals surface area contributed by atoms with E-state index in [2.05, 4.69) is 72.8 Å². The molecule has 0 radical (unpaired) electrons. The fourth-order valence-electron chi connectivity index (χ4n) is 3.42. The number of hydrogen-bond acceptors (Lipinski definition) is 2. The van der Waals surface area contributed by atoms with Gasteiger partial charge in [-0.05, 0) is 52.4 Å². The topological polar surface area (TPSA) is 37.3 Å². The summed E-state index contributed by atoms with van der Waals surface area (Å²) < 4.78 is 0. The first-order chi connectivity index (χ1) is 11.9. The van der Waals surface area contributed by atoms with Gasteiger partial charge in [0.2, 0.25) is 0 Å². The number of ketones is 1. The fraction of sp³-hybridized carbons (Fsp3) is 0.542. The lowest BCUT2D eigenvalue weighted by atomic mass is 9.78. The standard InChI is InChI=1S/C24H34O2/c1-8-16-9-11-18(13-16)21(25)12-10-17-14-19(23(2,3)4)22(26)20(15-17)24(5,6)7/h9,13-15,26H,8,10-12H2,1-7H3. The molecule has 0 atom stereocenters. The van der Waals surface area contributed by atoms with E-state index in [0.29, 0.717) is 18.6 Å². The maximum Gasteiger partial charge on any atom is 0.159 e. The van der Waals surface area contributed by atoms with Crippen LogP contribution in [0.25, 0.3) is 0 Å². The van der Waals surface area contributed by atoms with Crippen molar-refractivity contribution < 1.29 is 9.90 Å². The second-order valence-electron chi connectivity index (χ2n) is 9.47. The molecule has 2 rings (SSSR count). The Labute approximate surface area is 159 Å². The average Bonchev–Trinajstić information content (AvgIpc) is 3.00. The molecule has 0 fully saturated rings. The van der Waals surface area contributed by atoms with E-state index in [0.717, 1.165) is 35.1 Å². The molecule has 0 unspecified atom stereocenters. The molecule has 1 N–H and O–H groups in total. The van der Waals surface area contributed by atoms with Crippen molar-refractivity contribution >= 4 is 5.78 Å². The Hall–Kier alpha value is -1.83. The number of phenols is 1. The molecule has 1 aromatic rings. The molecule has 1 aliphatic rings. The molecule has 26 heavy (non-hydrogen) atoms. The van der Waals surface area contributed by atoms with Crippen molar-refractivity contribution in [2.45, 2.75) is 85.0 Å². The SMILES string of the molecule is CCC1=CCC(C(=O)CCc2cc(C(C)(C)C)c(O)c(C(C)(C)C)c2)=C1. The lowest BCUT2D eigenvalue weighted by Gasteiger charge is -2.28. The zero-order valence-electron chi connectivity index (χ0n) is 17.5. The highest BCUT2D eigenvalue weighted by Crippen LogP contribution is 2.40. The van der Waals surface area contributed by atoms with Gasteiger partial charge >= 0.3 is 0 Å². The molecule has 0 saturated carbocycles. The Morgan fingerprint density at radius 2 is 1.58 bits per heavy atom. The molecule has 0 saturated heterocycles. The van der Waals surface area contributed by atoms with Gasteiger partial charge in [-0.15, -0.1) is 0 Å². The van der Waals surface area contributed by atoms with Crippen molar-refractivity contribution in [1.82, 2.24) is 0 Å². The van der Waals surface area contributed by atoms with Crippen LogP contribution in [0.1, 0.15) is 84.4 Å². The summed E-state index contributed by atoms with van der Waals surface area (Å²) in [6, 6.07) is 4.16. The van der Waals surface area contributed by atoms with E-state index in [9.17, 15) is 9.90 Å². The molecule has 0 spiro atoms. The number of benzene rings is 1. The average molecular weight is 355 g/mol. The molecule has 0 aliphatic heterocycles. The summed E-state index contributed by atoms with van der Waals surface area (Å²) in [6.45, 7) is 14.8. The van der Waals surface area contributed by atoms with E-state index >= 15 is 0 Å². The Kier molecular flexibility index (Phi) is 5.85. The summed E-state index contributed by atoms with van der Waals surface area (Å²) in [4.78, 5) is 12.6. The van der Waals surface area contributed by atoms with Crippen molar-refractivity contribution in [2.24, 2.45) is 0 Å². The molecular weight excluding hydrogens is 320 g/mol. The summed E-state index contributed by atoms with van der Waals surface area (Å²) in [7, 11) is 0. The maximum atomic E-state index is 12.6. The van der Waals surface area contributed by atoms with E-state index in [1.807, 2.05) is 0 Å². The largest absolute Gasteiger partial charge is 0.507 e. The zero-order valence-corrected chi connectivity index (χ0v) is 17.5. The van der Waals surface area contributed by atoms with Gasteiger partial charge in [-0.1, -0.05) is 78.3 Å². The van der Waals surface area contributed by atoms with Crippen molar-refractivity contribution in [3.8, 4) is 5.75 Å². The number of allylic oxidation sites excluding steroid dienone is 4. The number of aryl methyl sites for hydroxylation is 1. The van der Waals surface area contributed by atoms with Gasteiger partial charge in [-0.3, -0.25) is 4.79 Å². The number of hydrogen-bond donors (Lipinski definition) is 1. The molecule has 2 heteroatoms.